The van der Waals surface area contributed by atoms with Crippen LogP contribution in [0.4, 0.5) is 0 Å². The van der Waals surface area contributed by atoms with Crippen LogP contribution in [0.3, 0.4) is 0 Å². The smallest absolute Gasteiger partial charge is 0.456 e. The molecule has 0 bridgehead atoms. The van der Waals surface area contributed by atoms with Gasteiger partial charge in [0.15, 0.2) is 6.10 Å². The quantitative estimate of drug-likeness (QED) is 0.0657. The molecule has 1 atom stereocenters. The maximum atomic E-state index is 12.2. The van der Waals surface area contributed by atoms with Crippen LogP contribution in [0.5, 0.6) is 0 Å². The Kier molecular flexibility index (Phi) is 25.2. The lowest BCUT2D eigenvalue weighted by atomic mass is 10.0. The van der Waals surface area contributed by atoms with Gasteiger partial charge >= 0.3 is 19.8 Å². The first-order chi connectivity index (χ1) is 20.3. The average molecular weight is 597 g/mol. The summed E-state index contributed by atoms with van der Waals surface area (Å²) < 4.78 is 25.6. The average Bonchev–Trinajstić information content (AvgIpc) is 2.95. The molecular weight excluding hydrogens is 555 g/mol. The van der Waals surface area contributed by atoms with Crippen LogP contribution in [0.2, 0.25) is 0 Å². The van der Waals surface area contributed by atoms with Gasteiger partial charge in [-0.1, -0.05) is 89.9 Å². The summed E-state index contributed by atoms with van der Waals surface area (Å²) in [5.74, 6) is 27.3. The molecule has 9 heteroatoms. The predicted octanol–water partition coefficient (Wildman–Crippen LogP) is 5.07. The highest BCUT2D eigenvalue weighted by Crippen LogP contribution is 2.35. The summed E-state index contributed by atoms with van der Waals surface area (Å²) in [6.07, 6.45) is 14.2. The molecule has 0 fully saturated rings. The van der Waals surface area contributed by atoms with E-state index in [0.717, 1.165) is 19.3 Å². The molecular formula is C33H41O8P. The van der Waals surface area contributed by atoms with Crippen LogP contribution in [-0.4, -0.2) is 41.0 Å². The molecule has 0 aliphatic heterocycles. The van der Waals surface area contributed by atoms with E-state index < -0.39 is 39.1 Å². The van der Waals surface area contributed by atoms with E-state index in [2.05, 4.69) is 82.5 Å². The monoisotopic (exact) mass is 596 g/mol. The molecule has 0 radical (unpaired) electrons. The topological polar surface area (TPSA) is 119 Å². The largest absolute Gasteiger partial charge is 0.469 e. The minimum absolute atomic E-state index is 0.137. The van der Waals surface area contributed by atoms with Gasteiger partial charge < -0.3 is 19.3 Å². The number of esters is 2. The Morgan fingerprint density at radius 1 is 0.667 bits per heavy atom. The highest BCUT2D eigenvalue weighted by Gasteiger charge is 2.22. The van der Waals surface area contributed by atoms with Crippen molar-refractivity contribution in [2.24, 2.45) is 0 Å². The van der Waals surface area contributed by atoms with Crippen molar-refractivity contribution >= 4 is 19.8 Å². The standard InChI is InChI=1S/C33H41O8P/c1-3-5-7-9-11-13-15-16-18-20-22-24-26-28-33(35)41-31(30-40-42(36,37)38)29-39-32(34)27-25-23-21-19-17-14-12-10-8-6-4-2/h31H,3,5,7,9,11,13,15-16,18,20,22,24,26,28-30H2,1-2H3,(H2,36,37,38)/t31-/m1/s1. The summed E-state index contributed by atoms with van der Waals surface area (Å²) in [7, 11) is -4.82. The molecule has 0 saturated heterocycles. The van der Waals surface area contributed by atoms with Gasteiger partial charge in [-0.05, 0) is 72.5 Å². The first kappa shape index (κ1) is 38.4. The highest BCUT2D eigenvalue weighted by atomic mass is 31.2. The minimum Gasteiger partial charge on any atom is -0.456 e. The number of rotatable bonds is 20. The van der Waals surface area contributed by atoms with E-state index in [9.17, 15) is 14.2 Å². The number of carbonyl (C=O) groups is 2. The van der Waals surface area contributed by atoms with Crippen LogP contribution in [0.25, 0.3) is 0 Å². The van der Waals surface area contributed by atoms with Gasteiger partial charge in [0.1, 0.15) is 6.61 Å². The number of carbonyl (C=O) groups excluding carboxylic acids is 2. The van der Waals surface area contributed by atoms with Crippen molar-refractivity contribution in [3.8, 4) is 71.0 Å². The number of hydrogen-bond donors (Lipinski definition) is 2. The van der Waals surface area contributed by atoms with Crippen molar-refractivity contribution in [1.82, 2.24) is 0 Å². The van der Waals surface area contributed by atoms with E-state index >= 15 is 0 Å². The Hall–Kier alpha value is -3.59. The van der Waals surface area contributed by atoms with Crippen molar-refractivity contribution in [2.45, 2.75) is 110 Å². The molecule has 42 heavy (non-hydrogen) atoms. The molecule has 2 N–H and O–H groups in total. The fourth-order valence-electron chi connectivity index (χ4n) is 3.43. The molecule has 0 heterocycles. The lowest BCUT2D eigenvalue weighted by molar-refractivity contribution is -0.158. The van der Waals surface area contributed by atoms with Gasteiger partial charge in [0.25, 0.3) is 0 Å². The van der Waals surface area contributed by atoms with Crippen LogP contribution in [-0.2, 0) is 28.2 Å². The van der Waals surface area contributed by atoms with Gasteiger partial charge in [0, 0.05) is 12.3 Å². The molecule has 226 valence electrons. The van der Waals surface area contributed by atoms with Gasteiger partial charge in [-0.2, -0.15) is 0 Å². The second-order valence-corrected chi connectivity index (χ2v) is 10.4. The van der Waals surface area contributed by atoms with Crippen molar-refractivity contribution in [2.75, 3.05) is 13.2 Å². The molecule has 0 amide bonds. The minimum atomic E-state index is -4.82. The van der Waals surface area contributed by atoms with Crippen molar-refractivity contribution in [3.05, 3.63) is 0 Å². The number of unbranched alkanes of at least 4 members (excludes halogenated alkanes) is 12. The Morgan fingerprint density at radius 2 is 1.12 bits per heavy atom. The van der Waals surface area contributed by atoms with Gasteiger partial charge in [-0.15, -0.1) is 0 Å². The third-order valence-corrected chi connectivity index (χ3v) is 5.95. The van der Waals surface area contributed by atoms with Gasteiger partial charge in [-0.25, -0.2) is 9.36 Å². The normalized spacial score (nSPS) is 10.1. The molecule has 0 spiro atoms. The number of ether oxygens (including phenoxy) is 2. The number of phosphoric ester groups is 1. The maximum Gasteiger partial charge on any atom is 0.469 e. The van der Waals surface area contributed by atoms with Gasteiger partial charge in [0.2, 0.25) is 0 Å². The van der Waals surface area contributed by atoms with Crippen LogP contribution in [0.1, 0.15) is 104 Å². The van der Waals surface area contributed by atoms with E-state index in [1.165, 1.54) is 57.8 Å². The molecule has 0 saturated carbocycles. The molecule has 0 aromatic carbocycles. The van der Waals surface area contributed by atoms with Crippen LogP contribution in [0, 0.1) is 71.0 Å². The molecule has 0 aliphatic carbocycles. The lowest BCUT2D eigenvalue weighted by Gasteiger charge is -2.17. The summed E-state index contributed by atoms with van der Waals surface area (Å²) in [5.41, 5.74) is 0. The van der Waals surface area contributed by atoms with Crippen molar-refractivity contribution < 1.29 is 37.9 Å². The molecule has 0 aromatic heterocycles. The Morgan fingerprint density at radius 3 is 1.60 bits per heavy atom. The molecule has 0 rings (SSSR count). The Balaban J connectivity index is 4.38. The van der Waals surface area contributed by atoms with E-state index in [1.54, 1.807) is 6.92 Å². The predicted molar refractivity (Wildman–Crippen MR) is 161 cm³/mol. The zero-order valence-electron chi connectivity index (χ0n) is 24.7. The molecule has 0 aliphatic rings. The Labute approximate surface area is 251 Å². The summed E-state index contributed by atoms with van der Waals surface area (Å²) in [4.78, 5) is 41.9. The van der Waals surface area contributed by atoms with Crippen LogP contribution in [0.15, 0.2) is 0 Å². The highest BCUT2D eigenvalue weighted by molar-refractivity contribution is 7.46. The third kappa shape index (κ3) is 29.4. The molecule has 8 nitrogen and oxygen atoms in total. The number of hydrogen-bond acceptors (Lipinski definition) is 6. The second kappa shape index (κ2) is 27.6. The first-order valence-electron chi connectivity index (χ1n) is 14.3. The van der Waals surface area contributed by atoms with Gasteiger partial charge in [0.05, 0.1) is 6.61 Å². The zero-order chi connectivity index (χ0) is 31.2. The zero-order valence-corrected chi connectivity index (χ0v) is 25.6. The van der Waals surface area contributed by atoms with Gasteiger partial charge in [-0.3, -0.25) is 9.32 Å². The van der Waals surface area contributed by atoms with Crippen LogP contribution >= 0.6 is 7.82 Å². The second-order valence-electron chi connectivity index (χ2n) is 9.11. The van der Waals surface area contributed by atoms with Crippen LogP contribution < -0.4 is 0 Å². The van der Waals surface area contributed by atoms with Crippen molar-refractivity contribution in [1.29, 1.82) is 0 Å². The Bertz CT molecular complexity index is 1230. The summed E-state index contributed by atoms with van der Waals surface area (Å²) in [5, 5.41) is 0. The summed E-state index contributed by atoms with van der Waals surface area (Å²) in [6.45, 7) is 2.73. The fourth-order valence-corrected chi connectivity index (χ4v) is 3.79. The SMILES string of the molecule is CC#CC#CC#CC#CC#CC#CC(=O)OC[C@H](COP(=O)(O)O)OC(=O)CCCCCCCCCCCCCCC. The summed E-state index contributed by atoms with van der Waals surface area (Å²) >= 11 is 0. The van der Waals surface area contributed by atoms with E-state index in [-0.39, 0.29) is 6.42 Å². The van der Waals surface area contributed by atoms with Crippen molar-refractivity contribution in [3.63, 3.8) is 0 Å². The first-order valence-corrected chi connectivity index (χ1v) is 15.8. The molecule has 0 unspecified atom stereocenters. The maximum absolute atomic E-state index is 12.2. The summed E-state index contributed by atoms with van der Waals surface area (Å²) in [6, 6.07) is 0. The molecule has 0 aromatic rings. The van der Waals surface area contributed by atoms with E-state index in [1.807, 2.05) is 0 Å². The number of phosphoric acid groups is 1. The van der Waals surface area contributed by atoms with E-state index in [0.29, 0.717) is 6.42 Å². The lowest BCUT2D eigenvalue weighted by Crippen LogP contribution is -2.29. The third-order valence-electron chi connectivity index (χ3n) is 5.46. The van der Waals surface area contributed by atoms with E-state index in [4.69, 9.17) is 19.3 Å². The fraction of sp³-hybridized carbons (Fsp3) is 0.576.